The molecule has 0 aliphatic rings. The molecule has 0 aliphatic heterocycles. The van der Waals surface area contributed by atoms with Crippen LogP contribution in [0, 0.1) is 6.92 Å². The van der Waals surface area contributed by atoms with Gasteiger partial charge in [-0.25, -0.2) is 0 Å². The SMILES string of the molecule is CC.CCc1ccc(Oc2ccc(C)cc2)cc1. The van der Waals surface area contributed by atoms with Gasteiger partial charge in [0.25, 0.3) is 0 Å². The Hall–Kier alpha value is -1.76. The zero-order valence-electron chi connectivity index (χ0n) is 11.7. The number of rotatable bonds is 3. The van der Waals surface area contributed by atoms with E-state index in [1.54, 1.807) is 0 Å². The summed E-state index contributed by atoms with van der Waals surface area (Å²) >= 11 is 0. The van der Waals surface area contributed by atoms with Gasteiger partial charge in [0, 0.05) is 0 Å². The summed E-state index contributed by atoms with van der Waals surface area (Å²) in [6.07, 6.45) is 1.06. The highest BCUT2D eigenvalue weighted by atomic mass is 16.5. The third kappa shape index (κ3) is 4.25. The predicted molar refractivity (Wildman–Crippen MR) is 78.4 cm³/mol. The number of hydrogen-bond acceptors (Lipinski definition) is 1. The van der Waals surface area contributed by atoms with Gasteiger partial charge in [0.2, 0.25) is 0 Å². The molecule has 2 aromatic carbocycles. The highest BCUT2D eigenvalue weighted by Gasteiger charge is 1.96. The highest BCUT2D eigenvalue weighted by molar-refractivity contribution is 5.34. The van der Waals surface area contributed by atoms with Gasteiger partial charge in [-0.15, -0.1) is 0 Å². The second kappa shape index (κ2) is 7.54. The number of hydrogen-bond donors (Lipinski definition) is 0. The van der Waals surface area contributed by atoms with Crippen LogP contribution in [0.3, 0.4) is 0 Å². The molecule has 0 heterocycles. The first kappa shape index (κ1) is 14.3. The monoisotopic (exact) mass is 242 g/mol. The first-order valence-corrected chi connectivity index (χ1v) is 6.61. The quantitative estimate of drug-likeness (QED) is 0.702. The summed E-state index contributed by atoms with van der Waals surface area (Å²) in [5.41, 5.74) is 2.57. The molecule has 1 nitrogen and oxygen atoms in total. The van der Waals surface area contributed by atoms with Crippen LogP contribution in [-0.2, 0) is 6.42 Å². The van der Waals surface area contributed by atoms with Gasteiger partial charge in [0.1, 0.15) is 11.5 Å². The standard InChI is InChI=1S/C15H16O.C2H6/c1-3-13-6-10-15(11-7-13)16-14-8-4-12(2)5-9-14;1-2/h4-11H,3H2,1-2H3;1-2H3. The maximum absolute atomic E-state index is 5.73. The average molecular weight is 242 g/mol. The van der Waals surface area contributed by atoms with Crippen LogP contribution < -0.4 is 4.74 Å². The van der Waals surface area contributed by atoms with Gasteiger partial charge in [-0.2, -0.15) is 0 Å². The molecule has 0 aliphatic carbocycles. The first-order chi connectivity index (χ1) is 8.78. The lowest BCUT2D eigenvalue weighted by Gasteiger charge is -2.06. The van der Waals surface area contributed by atoms with Crippen molar-refractivity contribution < 1.29 is 4.74 Å². The Bertz CT molecular complexity index is 440. The maximum atomic E-state index is 5.73. The Morgan fingerprint density at radius 2 is 1.22 bits per heavy atom. The van der Waals surface area contributed by atoms with Crippen molar-refractivity contribution in [3.63, 3.8) is 0 Å². The van der Waals surface area contributed by atoms with Crippen molar-refractivity contribution in [2.45, 2.75) is 34.1 Å². The van der Waals surface area contributed by atoms with Gasteiger partial charge < -0.3 is 4.74 Å². The molecule has 0 fully saturated rings. The van der Waals surface area contributed by atoms with E-state index in [2.05, 4.69) is 38.1 Å². The van der Waals surface area contributed by atoms with Crippen LogP contribution in [0.15, 0.2) is 48.5 Å². The molecule has 0 amide bonds. The molecule has 2 aromatic rings. The second-order valence-corrected chi connectivity index (χ2v) is 3.91. The molecule has 0 bridgehead atoms. The van der Waals surface area contributed by atoms with E-state index in [1.807, 2.05) is 38.1 Å². The van der Waals surface area contributed by atoms with Crippen molar-refractivity contribution in [2.75, 3.05) is 0 Å². The molecule has 0 unspecified atom stereocenters. The van der Waals surface area contributed by atoms with Gasteiger partial charge >= 0.3 is 0 Å². The third-order valence-corrected chi connectivity index (χ3v) is 2.59. The third-order valence-electron chi connectivity index (χ3n) is 2.59. The molecule has 96 valence electrons. The lowest BCUT2D eigenvalue weighted by Crippen LogP contribution is -1.85. The molecule has 2 rings (SSSR count). The topological polar surface area (TPSA) is 9.23 Å². The van der Waals surface area contributed by atoms with Crippen molar-refractivity contribution >= 4 is 0 Å². The van der Waals surface area contributed by atoms with Crippen molar-refractivity contribution in [2.24, 2.45) is 0 Å². The van der Waals surface area contributed by atoms with Gasteiger partial charge in [-0.05, 0) is 43.2 Å². The van der Waals surface area contributed by atoms with Crippen LogP contribution in [0.4, 0.5) is 0 Å². The van der Waals surface area contributed by atoms with Crippen LogP contribution in [0.25, 0.3) is 0 Å². The van der Waals surface area contributed by atoms with Crippen LogP contribution >= 0.6 is 0 Å². The van der Waals surface area contributed by atoms with Crippen molar-refractivity contribution in [1.82, 2.24) is 0 Å². The fourth-order valence-electron chi connectivity index (χ4n) is 1.54. The van der Waals surface area contributed by atoms with E-state index in [4.69, 9.17) is 4.74 Å². The number of benzene rings is 2. The molecule has 0 saturated heterocycles. The predicted octanol–water partition coefficient (Wildman–Crippen LogP) is 5.38. The highest BCUT2D eigenvalue weighted by Crippen LogP contribution is 2.21. The van der Waals surface area contributed by atoms with Gasteiger partial charge in [0.15, 0.2) is 0 Å². The van der Waals surface area contributed by atoms with E-state index < -0.39 is 0 Å². The second-order valence-electron chi connectivity index (χ2n) is 3.91. The Morgan fingerprint density at radius 1 is 0.778 bits per heavy atom. The summed E-state index contributed by atoms with van der Waals surface area (Å²) in [6.45, 7) is 8.22. The van der Waals surface area contributed by atoms with E-state index in [9.17, 15) is 0 Å². The molecular weight excluding hydrogens is 220 g/mol. The largest absolute Gasteiger partial charge is 0.457 e. The van der Waals surface area contributed by atoms with Crippen LogP contribution in [0.5, 0.6) is 11.5 Å². The zero-order valence-corrected chi connectivity index (χ0v) is 11.7. The van der Waals surface area contributed by atoms with E-state index in [0.29, 0.717) is 0 Å². The van der Waals surface area contributed by atoms with E-state index in [0.717, 1.165) is 17.9 Å². The summed E-state index contributed by atoms with van der Waals surface area (Å²) in [7, 11) is 0. The molecule has 0 radical (unpaired) electrons. The lowest BCUT2D eigenvalue weighted by atomic mass is 10.2. The summed E-state index contributed by atoms with van der Waals surface area (Å²) in [4.78, 5) is 0. The minimum atomic E-state index is 0.884. The minimum Gasteiger partial charge on any atom is -0.457 e. The number of aryl methyl sites for hydroxylation is 2. The lowest BCUT2D eigenvalue weighted by molar-refractivity contribution is 0.482. The van der Waals surface area contributed by atoms with Gasteiger partial charge in [-0.1, -0.05) is 50.6 Å². The molecule has 0 spiro atoms. The Balaban J connectivity index is 0.000000771. The van der Waals surface area contributed by atoms with Crippen LogP contribution in [0.2, 0.25) is 0 Å². The summed E-state index contributed by atoms with van der Waals surface area (Å²) < 4.78 is 5.73. The van der Waals surface area contributed by atoms with Crippen molar-refractivity contribution in [1.29, 1.82) is 0 Å². The van der Waals surface area contributed by atoms with Gasteiger partial charge in [-0.3, -0.25) is 0 Å². The smallest absolute Gasteiger partial charge is 0.127 e. The zero-order chi connectivity index (χ0) is 13.4. The molecule has 0 aromatic heterocycles. The number of ether oxygens (including phenoxy) is 1. The van der Waals surface area contributed by atoms with Crippen LogP contribution in [0.1, 0.15) is 31.9 Å². The Morgan fingerprint density at radius 3 is 1.67 bits per heavy atom. The molecule has 0 N–H and O–H groups in total. The normalized spacial score (nSPS) is 9.33. The summed E-state index contributed by atoms with van der Waals surface area (Å²) in [5, 5.41) is 0. The first-order valence-electron chi connectivity index (χ1n) is 6.61. The van der Waals surface area contributed by atoms with Crippen molar-refractivity contribution in [3.05, 3.63) is 59.7 Å². The average Bonchev–Trinajstić information content (AvgIpc) is 2.44. The van der Waals surface area contributed by atoms with E-state index in [1.165, 1.54) is 11.1 Å². The minimum absolute atomic E-state index is 0.884. The Labute approximate surface area is 110 Å². The molecular formula is C17H22O. The molecule has 18 heavy (non-hydrogen) atoms. The fraction of sp³-hybridized carbons (Fsp3) is 0.294. The molecule has 1 heteroatoms. The van der Waals surface area contributed by atoms with Crippen LogP contribution in [-0.4, -0.2) is 0 Å². The van der Waals surface area contributed by atoms with Gasteiger partial charge in [0.05, 0.1) is 0 Å². The maximum Gasteiger partial charge on any atom is 0.127 e. The fourth-order valence-corrected chi connectivity index (χ4v) is 1.54. The Kier molecular flexibility index (Phi) is 5.99. The van der Waals surface area contributed by atoms with E-state index in [-0.39, 0.29) is 0 Å². The molecule has 0 saturated carbocycles. The van der Waals surface area contributed by atoms with E-state index >= 15 is 0 Å². The summed E-state index contributed by atoms with van der Waals surface area (Å²) in [6, 6.07) is 16.3. The summed E-state index contributed by atoms with van der Waals surface area (Å²) in [5.74, 6) is 1.77. The molecule has 0 atom stereocenters. The van der Waals surface area contributed by atoms with Crippen molar-refractivity contribution in [3.8, 4) is 11.5 Å².